The van der Waals surface area contributed by atoms with Crippen LogP contribution in [0, 0.1) is 11.3 Å². The SMILES string of the molecule is COc1cc(OC)c2c(N)cc(C#N)nc2c1. The molecule has 86 valence electrons. The summed E-state index contributed by atoms with van der Waals surface area (Å²) in [5.41, 5.74) is 7.20. The molecule has 5 heteroatoms. The number of fused-ring (bicyclic) bond motifs is 1. The molecule has 2 aromatic rings. The molecule has 0 unspecified atom stereocenters. The Labute approximate surface area is 98.4 Å². The highest BCUT2D eigenvalue weighted by Gasteiger charge is 2.11. The lowest BCUT2D eigenvalue weighted by Gasteiger charge is -2.10. The fraction of sp³-hybridized carbons (Fsp3) is 0.167. The highest BCUT2D eigenvalue weighted by atomic mass is 16.5. The summed E-state index contributed by atoms with van der Waals surface area (Å²) in [7, 11) is 3.10. The summed E-state index contributed by atoms with van der Waals surface area (Å²) in [5.74, 6) is 1.19. The molecule has 2 N–H and O–H groups in total. The number of nitrogens with zero attached hydrogens (tertiary/aromatic N) is 2. The summed E-state index contributed by atoms with van der Waals surface area (Å²) in [5, 5.41) is 9.53. The molecule has 2 rings (SSSR count). The average Bonchev–Trinajstić information content (AvgIpc) is 2.36. The lowest BCUT2D eigenvalue weighted by Crippen LogP contribution is -1.96. The van der Waals surface area contributed by atoms with Crippen molar-refractivity contribution in [3.8, 4) is 17.6 Å². The fourth-order valence-corrected chi connectivity index (χ4v) is 1.67. The van der Waals surface area contributed by atoms with E-state index in [2.05, 4.69) is 4.98 Å². The van der Waals surface area contributed by atoms with Crippen molar-refractivity contribution in [3.05, 3.63) is 23.9 Å². The first-order chi connectivity index (χ1) is 8.19. The van der Waals surface area contributed by atoms with Crippen molar-refractivity contribution in [2.45, 2.75) is 0 Å². The monoisotopic (exact) mass is 229 g/mol. The largest absolute Gasteiger partial charge is 0.497 e. The molecule has 0 amide bonds. The number of rotatable bonds is 2. The van der Waals surface area contributed by atoms with Crippen molar-refractivity contribution in [1.82, 2.24) is 4.98 Å². The minimum Gasteiger partial charge on any atom is -0.497 e. The van der Waals surface area contributed by atoms with E-state index >= 15 is 0 Å². The molecular formula is C12H11N3O2. The third kappa shape index (κ3) is 1.81. The van der Waals surface area contributed by atoms with Crippen LogP contribution in [0.2, 0.25) is 0 Å². The summed E-state index contributed by atoms with van der Waals surface area (Å²) >= 11 is 0. The molecule has 0 saturated carbocycles. The maximum Gasteiger partial charge on any atom is 0.143 e. The molecule has 0 aliphatic carbocycles. The topological polar surface area (TPSA) is 81.2 Å². The lowest BCUT2D eigenvalue weighted by molar-refractivity contribution is 0.398. The van der Waals surface area contributed by atoms with Crippen LogP contribution in [0.5, 0.6) is 11.5 Å². The van der Waals surface area contributed by atoms with Gasteiger partial charge in [0, 0.05) is 17.8 Å². The molecule has 5 nitrogen and oxygen atoms in total. The third-order valence-corrected chi connectivity index (χ3v) is 2.45. The maximum absolute atomic E-state index is 8.84. The van der Waals surface area contributed by atoms with Gasteiger partial charge in [-0.25, -0.2) is 4.98 Å². The minimum atomic E-state index is 0.269. The zero-order chi connectivity index (χ0) is 12.4. The van der Waals surface area contributed by atoms with E-state index in [0.29, 0.717) is 28.1 Å². The van der Waals surface area contributed by atoms with Gasteiger partial charge in [0.05, 0.1) is 25.1 Å². The summed E-state index contributed by atoms with van der Waals surface area (Å²) in [6.07, 6.45) is 0. The number of nitrogen functional groups attached to an aromatic ring is 1. The number of nitrogens with two attached hydrogens (primary N) is 1. The number of hydrogen-bond donors (Lipinski definition) is 1. The Bertz CT molecular complexity index is 617. The normalized spacial score (nSPS) is 9.94. The van der Waals surface area contributed by atoms with Crippen LogP contribution in [0.4, 0.5) is 5.69 Å². The van der Waals surface area contributed by atoms with Gasteiger partial charge in [0.15, 0.2) is 0 Å². The predicted molar refractivity (Wildman–Crippen MR) is 64.0 cm³/mol. The van der Waals surface area contributed by atoms with Crippen LogP contribution in [0.1, 0.15) is 5.69 Å². The van der Waals surface area contributed by atoms with E-state index in [9.17, 15) is 0 Å². The predicted octanol–water partition coefficient (Wildman–Crippen LogP) is 1.71. The molecule has 0 aliphatic heterocycles. The van der Waals surface area contributed by atoms with Gasteiger partial charge >= 0.3 is 0 Å². The number of ether oxygens (including phenoxy) is 2. The number of hydrogen-bond acceptors (Lipinski definition) is 5. The van der Waals surface area contributed by atoms with Crippen molar-refractivity contribution in [3.63, 3.8) is 0 Å². The standard InChI is InChI=1S/C12H11N3O2/c1-16-8-4-10-12(11(5-8)17-2)9(14)3-7(6-13)15-10/h3-5H,1-2H3,(H2,14,15). The van der Waals surface area contributed by atoms with Gasteiger partial charge in [0.2, 0.25) is 0 Å². The molecule has 0 spiro atoms. The van der Waals surface area contributed by atoms with Gasteiger partial charge < -0.3 is 15.2 Å². The number of benzene rings is 1. The molecule has 0 fully saturated rings. The second kappa shape index (κ2) is 4.18. The Morgan fingerprint density at radius 3 is 2.59 bits per heavy atom. The van der Waals surface area contributed by atoms with Crippen LogP contribution in [0.25, 0.3) is 10.9 Å². The fourth-order valence-electron chi connectivity index (χ4n) is 1.67. The van der Waals surface area contributed by atoms with Crippen molar-refractivity contribution in [1.29, 1.82) is 5.26 Å². The second-order valence-electron chi connectivity index (χ2n) is 3.43. The maximum atomic E-state index is 8.84. The Morgan fingerprint density at radius 2 is 2.00 bits per heavy atom. The van der Waals surface area contributed by atoms with Crippen molar-refractivity contribution < 1.29 is 9.47 Å². The van der Waals surface area contributed by atoms with Crippen LogP contribution >= 0.6 is 0 Å². The first-order valence-corrected chi connectivity index (χ1v) is 4.92. The van der Waals surface area contributed by atoms with E-state index in [1.807, 2.05) is 6.07 Å². The molecule has 0 saturated heterocycles. The summed E-state index contributed by atoms with van der Waals surface area (Å²) in [6.45, 7) is 0. The van der Waals surface area contributed by atoms with E-state index in [0.717, 1.165) is 0 Å². The lowest BCUT2D eigenvalue weighted by atomic mass is 10.1. The molecule has 1 heterocycles. The average molecular weight is 229 g/mol. The van der Waals surface area contributed by atoms with Crippen LogP contribution in [0.15, 0.2) is 18.2 Å². The smallest absolute Gasteiger partial charge is 0.143 e. The van der Waals surface area contributed by atoms with Crippen LogP contribution in [-0.2, 0) is 0 Å². The van der Waals surface area contributed by atoms with Gasteiger partial charge in [0.25, 0.3) is 0 Å². The Kier molecular flexibility index (Phi) is 2.71. The molecule has 17 heavy (non-hydrogen) atoms. The second-order valence-corrected chi connectivity index (χ2v) is 3.43. The molecule has 1 aromatic heterocycles. The van der Waals surface area contributed by atoms with Gasteiger partial charge in [-0.3, -0.25) is 0 Å². The zero-order valence-electron chi connectivity index (χ0n) is 9.52. The van der Waals surface area contributed by atoms with Crippen LogP contribution < -0.4 is 15.2 Å². The highest BCUT2D eigenvalue weighted by Crippen LogP contribution is 2.34. The van der Waals surface area contributed by atoms with E-state index < -0.39 is 0 Å². The van der Waals surface area contributed by atoms with E-state index in [-0.39, 0.29) is 5.69 Å². The van der Waals surface area contributed by atoms with Crippen molar-refractivity contribution >= 4 is 16.6 Å². The number of methoxy groups -OCH3 is 2. The Balaban J connectivity index is 2.85. The molecule has 0 aliphatic rings. The number of nitriles is 1. The van der Waals surface area contributed by atoms with Crippen molar-refractivity contribution in [2.24, 2.45) is 0 Å². The first kappa shape index (κ1) is 11.0. The Hall–Kier alpha value is -2.48. The van der Waals surface area contributed by atoms with Gasteiger partial charge in [-0.1, -0.05) is 0 Å². The van der Waals surface area contributed by atoms with E-state index in [4.69, 9.17) is 20.5 Å². The molecule has 1 aromatic carbocycles. The summed E-state index contributed by atoms with van der Waals surface area (Å²) in [6, 6.07) is 6.93. The minimum absolute atomic E-state index is 0.269. The van der Waals surface area contributed by atoms with Crippen LogP contribution in [-0.4, -0.2) is 19.2 Å². The molecule has 0 atom stereocenters. The van der Waals surface area contributed by atoms with E-state index in [1.165, 1.54) is 6.07 Å². The highest BCUT2D eigenvalue weighted by molar-refractivity contribution is 5.96. The number of aromatic nitrogens is 1. The number of pyridine rings is 1. The van der Waals surface area contributed by atoms with Gasteiger partial charge in [-0.05, 0) is 6.07 Å². The molecule has 0 radical (unpaired) electrons. The first-order valence-electron chi connectivity index (χ1n) is 4.92. The quantitative estimate of drug-likeness (QED) is 0.847. The van der Waals surface area contributed by atoms with Gasteiger partial charge in [-0.15, -0.1) is 0 Å². The molecular weight excluding hydrogens is 218 g/mol. The van der Waals surface area contributed by atoms with Crippen LogP contribution in [0.3, 0.4) is 0 Å². The zero-order valence-corrected chi connectivity index (χ0v) is 9.52. The summed E-state index contributed by atoms with van der Waals surface area (Å²) in [4.78, 5) is 4.17. The summed E-state index contributed by atoms with van der Waals surface area (Å²) < 4.78 is 10.4. The molecule has 0 bridgehead atoms. The van der Waals surface area contributed by atoms with Gasteiger partial charge in [-0.2, -0.15) is 5.26 Å². The number of anilines is 1. The van der Waals surface area contributed by atoms with E-state index in [1.54, 1.807) is 26.4 Å². The van der Waals surface area contributed by atoms with Gasteiger partial charge in [0.1, 0.15) is 23.3 Å². The third-order valence-electron chi connectivity index (χ3n) is 2.45. The van der Waals surface area contributed by atoms with Crippen molar-refractivity contribution in [2.75, 3.05) is 20.0 Å². The Morgan fingerprint density at radius 1 is 1.24 bits per heavy atom.